The number of hydrogen-bond donors (Lipinski definition) is 0. The van der Waals surface area contributed by atoms with E-state index in [1.54, 1.807) is 0 Å². The molecule has 56 heavy (non-hydrogen) atoms. The zero-order valence-corrected chi connectivity index (χ0v) is 30.9. The third-order valence-electron chi connectivity index (χ3n) is 10.6. The molecule has 0 fully saturated rings. The molecule has 0 bridgehead atoms. The molecule has 0 saturated carbocycles. The summed E-state index contributed by atoms with van der Waals surface area (Å²) in [7, 11) is 0. The predicted molar refractivity (Wildman–Crippen MR) is 233 cm³/mol. The lowest BCUT2D eigenvalue weighted by molar-refractivity contribution is 0.669. The van der Waals surface area contributed by atoms with Gasteiger partial charge < -0.3 is 4.42 Å². The Morgan fingerprint density at radius 2 is 0.839 bits per heavy atom. The first-order valence-electron chi connectivity index (χ1n) is 18.7. The molecular formula is C51H31N3OS. The van der Waals surface area contributed by atoms with E-state index in [2.05, 4.69) is 164 Å². The second-order valence-corrected chi connectivity index (χ2v) is 15.0. The SMILES string of the molecule is c1ccc(-c2cccc(-c3nc(-c4cccc(-c5ccccc5)c4)nc(-c4ccc(-c5cccc6sc7ccccc7c56)c5c4oc4ccccc45)n3)c2)cc1. The normalized spacial score (nSPS) is 11.6. The van der Waals surface area contributed by atoms with Crippen LogP contribution in [0.3, 0.4) is 0 Å². The van der Waals surface area contributed by atoms with E-state index in [-0.39, 0.29) is 0 Å². The van der Waals surface area contributed by atoms with E-state index < -0.39 is 0 Å². The quantitative estimate of drug-likeness (QED) is 0.171. The van der Waals surface area contributed by atoms with Crippen LogP contribution in [0.25, 0.3) is 110 Å². The molecule has 0 N–H and O–H groups in total. The molecule has 11 rings (SSSR count). The van der Waals surface area contributed by atoms with Gasteiger partial charge in [-0.2, -0.15) is 0 Å². The number of para-hydroxylation sites is 1. The van der Waals surface area contributed by atoms with Gasteiger partial charge in [-0.15, -0.1) is 11.3 Å². The number of aromatic nitrogens is 3. The van der Waals surface area contributed by atoms with E-state index in [1.165, 1.54) is 25.7 Å². The maximum Gasteiger partial charge on any atom is 0.167 e. The van der Waals surface area contributed by atoms with Gasteiger partial charge in [0.15, 0.2) is 17.5 Å². The topological polar surface area (TPSA) is 51.8 Å². The number of rotatable bonds is 6. The van der Waals surface area contributed by atoms with E-state index in [0.717, 1.165) is 66.4 Å². The van der Waals surface area contributed by atoms with Crippen molar-refractivity contribution in [3.05, 3.63) is 188 Å². The molecule has 0 saturated heterocycles. The van der Waals surface area contributed by atoms with Crippen molar-refractivity contribution in [3.8, 4) is 67.5 Å². The van der Waals surface area contributed by atoms with E-state index in [9.17, 15) is 0 Å². The fourth-order valence-electron chi connectivity index (χ4n) is 7.92. The van der Waals surface area contributed by atoms with Crippen molar-refractivity contribution >= 4 is 53.4 Å². The average Bonchev–Trinajstić information content (AvgIpc) is 3.86. The number of nitrogens with zero attached hydrogens (tertiary/aromatic N) is 3. The van der Waals surface area contributed by atoms with E-state index in [1.807, 2.05) is 35.6 Å². The molecule has 8 aromatic carbocycles. The molecule has 0 atom stereocenters. The number of fused-ring (bicyclic) bond motifs is 6. The summed E-state index contributed by atoms with van der Waals surface area (Å²) in [5.41, 5.74) is 10.9. The van der Waals surface area contributed by atoms with Gasteiger partial charge in [-0.05, 0) is 69.8 Å². The molecule has 3 aromatic heterocycles. The average molecular weight is 734 g/mol. The van der Waals surface area contributed by atoms with E-state index in [4.69, 9.17) is 19.4 Å². The second kappa shape index (κ2) is 13.3. The molecule has 0 aliphatic carbocycles. The zero-order chi connectivity index (χ0) is 37.0. The van der Waals surface area contributed by atoms with Crippen molar-refractivity contribution < 1.29 is 4.42 Å². The lowest BCUT2D eigenvalue weighted by Crippen LogP contribution is -2.01. The fourth-order valence-corrected chi connectivity index (χ4v) is 9.05. The summed E-state index contributed by atoms with van der Waals surface area (Å²) in [5.74, 6) is 1.74. The summed E-state index contributed by atoms with van der Waals surface area (Å²) in [6, 6.07) is 65.5. The van der Waals surface area contributed by atoms with E-state index in [0.29, 0.717) is 17.5 Å². The molecule has 0 spiro atoms. The van der Waals surface area contributed by atoms with Crippen LogP contribution in [0.15, 0.2) is 192 Å². The Balaban J connectivity index is 1.16. The highest BCUT2D eigenvalue weighted by Crippen LogP contribution is 2.46. The van der Waals surface area contributed by atoms with Crippen LogP contribution in [0.4, 0.5) is 0 Å². The number of thiophene rings is 1. The van der Waals surface area contributed by atoms with Gasteiger partial charge in [-0.1, -0.05) is 152 Å². The summed E-state index contributed by atoms with van der Waals surface area (Å²) in [5, 5.41) is 4.61. The third-order valence-corrected chi connectivity index (χ3v) is 11.7. The van der Waals surface area contributed by atoms with Crippen molar-refractivity contribution in [1.29, 1.82) is 0 Å². The standard InChI is InChI=1S/C51H31N3OS/c1-3-14-32(15-4-1)34-18-11-20-36(30-34)49-52-50(37-21-12-19-35(31-37)33-16-5-2-6-17-33)54-51(53-49)42-29-28-39(47-40-22-7-9-25-43(40)55-48(42)47)38-24-13-27-45-46(38)41-23-8-10-26-44(41)56-45/h1-31H. The Morgan fingerprint density at radius 1 is 0.339 bits per heavy atom. The summed E-state index contributed by atoms with van der Waals surface area (Å²) < 4.78 is 9.36. The van der Waals surface area contributed by atoms with Crippen molar-refractivity contribution in [2.24, 2.45) is 0 Å². The van der Waals surface area contributed by atoms with Crippen LogP contribution in [0.1, 0.15) is 0 Å². The van der Waals surface area contributed by atoms with Gasteiger partial charge in [-0.25, -0.2) is 15.0 Å². The molecule has 262 valence electrons. The van der Waals surface area contributed by atoms with E-state index >= 15 is 0 Å². The summed E-state index contributed by atoms with van der Waals surface area (Å²) in [6.07, 6.45) is 0. The van der Waals surface area contributed by atoms with Crippen LogP contribution < -0.4 is 0 Å². The van der Waals surface area contributed by atoms with Gasteiger partial charge >= 0.3 is 0 Å². The number of benzene rings is 8. The lowest BCUT2D eigenvalue weighted by Gasteiger charge is -2.12. The predicted octanol–water partition coefficient (Wildman–Crippen LogP) is 14.1. The molecular weight excluding hydrogens is 703 g/mol. The first kappa shape index (κ1) is 32.2. The maximum atomic E-state index is 6.83. The Kier molecular flexibility index (Phi) is 7.64. The van der Waals surface area contributed by atoms with Gasteiger partial charge in [0.25, 0.3) is 0 Å². The Labute approximate surface area is 327 Å². The van der Waals surface area contributed by atoms with Crippen LogP contribution in [0, 0.1) is 0 Å². The molecule has 3 heterocycles. The highest BCUT2D eigenvalue weighted by atomic mass is 32.1. The summed E-state index contributed by atoms with van der Waals surface area (Å²) >= 11 is 1.83. The minimum Gasteiger partial charge on any atom is -0.455 e. The molecule has 0 aliphatic heterocycles. The number of hydrogen-bond acceptors (Lipinski definition) is 5. The Hall–Kier alpha value is -7.21. The Morgan fingerprint density at radius 3 is 1.54 bits per heavy atom. The smallest absolute Gasteiger partial charge is 0.167 e. The molecule has 4 nitrogen and oxygen atoms in total. The highest BCUT2D eigenvalue weighted by molar-refractivity contribution is 7.25. The third kappa shape index (κ3) is 5.48. The lowest BCUT2D eigenvalue weighted by atomic mass is 9.94. The summed E-state index contributed by atoms with van der Waals surface area (Å²) in [6.45, 7) is 0. The van der Waals surface area contributed by atoms with Crippen molar-refractivity contribution in [2.45, 2.75) is 0 Å². The monoisotopic (exact) mass is 733 g/mol. The minimum absolute atomic E-state index is 0.551. The molecule has 5 heteroatoms. The van der Waals surface area contributed by atoms with Gasteiger partial charge in [-0.3, -0.25) is 0 Å². The van der Waals surface area contributed by atoms with Crippen LogP contribution in [0.5, 0.6) is 0 Å². The molecule has 11 aromatic rings. The maximum absolute atomic E-state index is 6.83. The van der Waals surface area contributed by atoms with Crippen LogP contribution in [-0.2, 0) is 0 Å². The largest absolute Gasteiger partial charge is 0.455 e. The molecule has 0 amide bonds. The molecule has 0 aliphatic rings. The van der Waals surface area contributed by atoms with Gasteiger partial charge in [0.2, 0.25) is 0 Å². The van der Waals surface area contributed by atoms with Crippen LogP contribution in [-0.4, -0.2) is 15.0 Å². The first-order valence-corrected chi connectivity index (χ1v) is 19.5. The van der Waals surface area contributed by atoms with Crippen LogP contribution >= 0.6 is 11.3 Å². The van der Waals surface area contributed by atoms with Crippen LogP contribution in [0.2, 0.25) is 0 Å². The Bertz CT molecular complexity index is 3160. The zero-order valence-electron chi connectivity index (χ0n) is 30.1. The summed E-state index contributed by atoms with van der Waals surface area (Å²) in [4.78, 5) is 15.6. The second-order valence-electron chi connectivity index (χ2n) is 13.9. The highest BCUT2D eigenvalue weighted by Gasteiger charge is 2.22. The minimum atomic E-state index is 0.551. The van der Waals surface area contributed by atoms with Gasteiger partial charge in [0, 0.05) is 42.1 Å². The van der Waals surface area contributed by atoms with Crippen molar-refractivity contribution in [1.82, 2.24) is 15.0 Å². The van der Waals surface area contributed by atoms with Crippen molar-refractivity contribution in [3.63, 3.8) is 0 Å². The fraction of sp³-hybridized carbons (Fsp3) is 0. The molecule has 0 radical (unpaired) electrons. The van der Waals surface area contributed by atoms with Gasteiger partial charge in [0.1, 0.15) is 11.2 Å². The van der Waals surface area contributed by atoms with Crippen molar-refractivity contribution in [2.75, 3.05) is 0 Å². The first-order chi connectivity index (χ1) is 27.7. The molecule has 0 unspecified atom stereocenters. The number of furan rings is 1. The van der Waals surface area contributed by atoms with Gasteiger partial charge in [0.05, 0.1) is 5.56 Å².